The molecule has 2 saturated carbocycles. The van der Waals surface area contributed by atoms with Crippen molar-refractivity contribution in [3.63, 3.8) is 0 Å². The van der Waals surface area contributed by atoms with Crippen molar-refractivity contribution in [2.45, 2.75) is 57.9 Å². The molecular weight excluding hydrogens is 218 g/mol. The average molecular weight is 239 g/mol. The maximum absolute atomic E-state index is 11.8. The van der Waals surface area contributed by atoms with E-state index >= 15 is 0 Å². The summed E-state index contributed by atoms with van der Waals surface area (Å²) in [6.07, 6.45) is 6.76. The van der Waals surface area contributed by atoms with Crippen LogP contribution in [0.4, 0.5) is 4.79 Å². The molecule has 0 bridgehead atoms. The molecule has 0 unspecified atom stereocenters. The van der Waals surface area contributed by atoms with Crippen LogP contribution in [0.2, 0.25) is 0 Å². The van der Waals surface area contributed by atoms with E-state index < -0.39 is 5.41 Å². The van der Waals surface area contributed by atoms with Gasteiger partial charge in [0.2, 0.25) is 0 Å². The Kier molecular flexibility index (Phi) is 3.69. The maximum Gasteiger partial charge on any atom is 0.407 e. The molecule has 96 valence electrons. The molecular formula is C13H21NO3. The van der Waals surface area contributed by atoms with Gasteiger partial charge in [-0.2, -0.15) is 0 Å². The first kappa shape index (κ1) is 12.4. The number of hydrogen-bond donors (Lipinski definition) is 1. The lowest BCUT2D eigenvalue weighted by atomic mass is 9.72. The van der Waals surface area contributed by atoms with E-state index in [0.717, 1.165) is 38.5 Å². The Labute approximate surface area is 102 Å². The van der Waals surface area contributed by atoms with Crippen LogP contribution in [0.25, 0.3) is 0 Å². The highest BCUT2D eigenvalue weighted by Crippen LogP contribution is 2.37. The van der Waals surface area contributed by atoms with Crippen molar-refractivity contribution in [1.82, 2.24) is 5.32 Å². The zero-order chi connectivity index (χ0) is 12.3. The van der Waals surface area contributed by atoms with E-state index in [-0.39, 0.29) is 18.5 Å². The van der Waals surface area contributed by atoms with E-state index in [1.807, 2.05) is 0 Å². The number of Topliss-reactive ketones (excluding diaryl/α,β-unsaturated/α-hetero) is 1. The molecule has 2 fully saturated rings. The van der Waals surface area contributed by atoms with Crippen molar-refractivity contribution in [3.8, 4) is 0 Å². The van der Waals surface area contributed by atoms with Crippen molar-refractivity contribution in [3.05, 3.63) is 0 Å². The van der Waals surface area contributed by atoms with Crippen molar-refractivity contribution in [1.29, 1.82) is 0 Å². The van der Waals surface area contributed by atoms with E-state index in [0.29, 0.717) is 6.04 Å². The second kappa shape index (κ2) is 5.07. The van der Waals surface area contributed by atoms with Gasteiger partial charge in [0.05, 0.1) is 5.41 Å². The minimum Gasteiger partial charge on any atom is -0.448 e. The number of hydrogen-bond acceptors (Lipinski definition) is 3. The number of amides is 1. The monoisotopic (exact) mass is 239 g/mol. The molecule has 2 aliphatic rings. The van der Waals surface area contributed by atoms with Crippen LogP contribution in [0.5, 0.6) is 0 Å². The van der Waals surface area contributed by atoms with Gasteiger partial charge in [-0.3, -0.25) is 4.79 Å². The lowest BCUT2D eigenvalue weighted by Crippen LogP contribution is -2.39. The molecule has 4 nitrogen and oxygen atoms in total. The molecule has 0 radical (unpaired) electrons. The van der Waals surface area contributed by atoms with Crippen LogP contribution in [-0.4, -0.2) is 24.5 Å². The van der Waals surface area contributed by atoms with Crippen molar-refractivity contribution in [2.24, 2.45) is 5.41 Å². The van der Waals surface area contributed by atoms with Crippen LogP contribution < -0.4 is 5.32 Å². The second-order valence-electron chi connectivity index (χ2n) is 5.39. The molecule has 2 rings (SSSR count). The lowest BCUT2D eigenvalue weighted by Gasteiger charge is -2.34. The Morgan fingerprint density at radius 2 is 1.88 bits per heavy atom. The molecule has 0 aromatic rings. The summed E-state index contributed by atoms with van der Waals surface area (Å²) in [5.74, 6) is 0.163. The fraction of sp³-hybridized carbons (Fsp3) is 0.846. The molecule has 2 aliphatic carbocycles. The zero-order valence-corrected chi connectivity index (χ0v) is 10.5. The largest absolute Gasteiger partial charge is 0.448 e. The van der Waals surface area contributed by atoms with Gasteiger partial charge in [0.15, 0.2) is 0 Å². The number of ketones is 1. The molecule has 17 heavy (non-hydrogen) atoms. The molecule has 0 spiro atoms. The van der Waals surface area contributed by atoms with E-state index in [1.165, 1.54) is 6.42 Å². The van der Waals surface area contributed by atoms with Crippen LogP contribution >= 0.6 is 0 Å². The summed E-state index contributed by atoms with van der Waals surface area (Å²) < 4.78 is 5.23. The summed E-state index contributed by atoms with van der Waals surface area (Å²) in [6.45, 7) is 1.87. The fourth-order valence-corrected chi connectivity index (χ4v) is 2.47. The number of nitrogens with one attached hydrogen (secondary N) is 1. The Morgan fingerprint density at radius 3 is 2.41 bits per heavy atom. The van der Waals surface area contributed by atoms with Gasteiger partial charge >= 0.3 is 6.09 Å². The minimum atomic E-state index is -0.404. The Bertz CT molecular complexity index is 304. The number of carbonyl (C=O) groups excluding carboxylic acids is 2. The number of rotatable bonds is 4. The van der Waals surface area contributed by atoms with Gasteiger partial charge in [0, 0.05) is 6.04 Å². The van der Waals surface area contributed by atoms with E-state index in [1.54, 1.807) is 6.92 Å². The predicted octanol–water partition coefficient (Wildman–Crippen LogP) is 2.41. The first-order chi connectivity index (χ1) is 8.12. The molecule has 0 atom stereocenters. The Hall–Kier alpha value is -1.06. The van der Waals surface area contributed by atoms with Gasteiger partial charge in [0.1, 0.15) is 12.4 Å². The molecule has 0 aromatic carbocycles. The van der Waals surface area contributed by atoms with Crippen molar-refractivity contribution in [2.75, 3.05) is 6.61 Å². The topological polar surface area (TPSA) is 55.4 Å². The summed E-state index contributed by atoms with van der Waals surface area (Å²) in [5.41, 5.74) is -0.404. The molecule has 0 aliphatic heterocycles. The first-order valence-corrected chi connectivity index (χ1v) is 6.57. The number of carbonyl (C=O) groups is 2. The predicted molar refractivity (Wildman–Crippen MR) is 63.7 cm³/mol. The van der Waals surface area contributed by atoms with E-state index in [4.69, 9.17) is 4.74 Å². The van der Waals surface area contributed by atoms with Gasteiger partial charge in [-0.25, -0.2) is 4.79 Å². The highest BCUT2D eigenvalue weighted by atomic mass is 16.5. The number of alkyl carbamates (subject to hydrolysis) is 1. The van der Waals surface area contributed by atoms with Crippen LogP contribution in [0, 0.1) is 5.41 Å². The summed E-state index contributed by atoms with van der Waals surface area (Å²) >= 11 is 0. The Balaban J connectivity index is 1.83. The lowest BCUT2D eigenvalue weighted by molar-refractivity contribution is -0.131. The van der Waals surface area contributed by atoms with E-state index in [2.05, 4.69) is 5.32 Å². The van der Waals surface area contributed by atoms with Gasteiger partial charge in [-0.1, -0.05) is 19.3 Å². The molecule has 1 amide bonds. The third-order valence-corrected chi connectivity index (χ3v) is 3.94. The van der Waals surface area contributed by atoms with Crippen molar-refractivity contribution >= 4 is 11.9 Å². The molecule has 0 saturated heterocycles. The Morgan fingerprint density at radius 1 is 1.24 bits per heavy atom. The third kappa shape index (κ3) is 3.20. The molecule has 0 aromatic heterocycles. The van der Waals surface area contributed by atoms with Crippen LogP contribution in [-0.2, 0) is 9.53 Å². The second-order valence-corrected chi connectivity index (χ2v) is 5.39. The smallest absolute Gasteiger partial charge is 0.407 e. The summed E-state index contributed by atoms with van der Waals surface area (Å²) in [7, 11) is 0. The summed E-state index contributed by atoms with van der Waals surface area (Å²) in [5, 5.41) is 2.78. The highest BCUT2D eigenvalue weighted by molar-refractivity contribution is 5.83. The highest BCUT2D eigenvalue weighted by Gasteiger charge is 2.38. The first-order valence-electron chi connectivity index (χ1n) is 6.57. The molecule has 4 heteroatoms. The molecule has 0 heterocycles. The van der Waals surface area contributed by atoms with Crippen LogP contribution in [0.15, 0.2) is 0 Å². The maximum atomic E-state index is 11.8. The molecule has 1 N–H and O–H groups in total. The fourth-order valence-electron chi connectivity index (χ4n) is 2.47. The zero-order valence-electron chi connectivity index (χ0n) is 10.5. The standard InChI is InChI=1S/C13H21NO3/c1-10(15)13(7-3-2-4-8-13)9-17-12(16)14-11-5-6-11/h11H,2-9H2,1H3,(H,14,16). The average Bonchev–Trinajstić information content (AvgIpc) is 3.11. The van der Waals surface area contributed by atoms with Gasteiger partial charge in [0.25, 0.3) is 0 Å². The van der Waals surface area contributed by atoms with Crippen molar-refractivity contribution < 1.29 is 14.3 Å². The van der Waals surface area contributed by atoms with Crippen LogP contribution in [0.1, 0.15) is 51.9 Å². The third-order valence-electron chi connectivity index (χ3n) is 3.94. The van der Waals surface area contributed by atoms with Gasteiger partial charge < -0.3 is 10.1 Å². The van der Waals surface area contributed by atoms with Crippen LogP contribution in [0.3, 0.4) is 0 Å². The number of ether oxygens (including phenoxy) is 1. The normalized spacial score (nSPS) is 22.9. The van der Waals surface area contributed by atoms with Gasteiger partial charge in [-0.15, -0.1) is 0 Å². The van der Waals surface area contributed by atoms with Gasteiger partial charge in [-0.05, 0) is 32.6 Å². The van der Waals surface area contributed by atoms with E-state index in [9.17, 15) is 9.59 Å². The SMILES string of the molecule is CC(=O)C1(COC(=O)NC2CC2)CCCCC1. The summed E-state index contributed by atoms with van der Waals surface area (Å²) in [4.78, 5) is 23.2. The summed E-state index contributed by atoms with van der Waals surface area (Å²) in [6, 6.07) is 0.308. The quantitative estimate of drug-likeness (QED) is 0.819. The minimum absolute atomic E-state index is 0.163.